The van der Waals surface area contributed by atoms with E-state index in [4.69, 9.17) is 14.5 Å². The fourth-order valence-electron chi connectivity index (χ4n) is 4.05. The molecule has 7 nitrogen and oxygen atoms in total. The number of benzene rings is 1. The molecule has 1 amide bonds. The van der Waals surface area contributed by atoms with Crippen molar-refractivity contribution in [2.24, 2.45) is 0 Å². The van der Waals surface area contributed by atoms with Crippen molar-refractivity contribution in [3.05, 3.63) is 45.1 Å². The van der Waals surface area contributed by atoms with Crippen LogP contribution >= 0.6 is 23.1 Å². The van der Waals surface area contributed by atoms with Crippen molar-refractivity contribution < 1.29 is 14.3 Å². The second-order valence-electron chi connectivity index (χ2n) is 7.91. The number of amides is 1. The van der Waals surface area contributed by atoms with Gasteiger partial charge in [0.25, 0.3) is 5.56 Å². The molecule has 1 fully saturated rings. The van der Waals surface area contributed by atoms with Crippen LogP contribution in [-0.4, -0.2) is 40.5 Å². The SMILES string of the molecule is CCOc1ccc(NC(=O)CSc2nc3sc(C)c(CC)c3c(=O)n2CC2CCCO2)cc1. The summed E-state index contributed by atoms with van der Waals surface area (Å²) >= 11 is 2.83. The molecule has 1 aliphatic rings. The lowest BCUT2D eigenvalue weighted by Gasteiger charge is -2.16. The quantitative estimate of drug-likeness (QED) is 0.350. The highest BCUT2D eigenvalue weighted by Gasteiger charge is 2.23. The Morgan fingerprint density at radius 2 is 2.12 bits per heavy atom. The lowest BCUT2D eigenvalue weighted by atomic mass is 10.1. The van der Waals surface area contributed by atoms with Crippen LogP contribution in [0.3, 0.4) is 0 Å². The molecule has 1 N–H and O–H groups in total. The summed E-state index contributed by atoms with van der Waals surface area (Å²) in [6.45, 7) is 7.80. The third-order valence-electron chi connectivity index (χ3n) is 5.62. The number of aromatic nitrogens is 2. The minimum atomic E-state index is -0.154. The maximum Gasteiger partial charge on any atom is 0.263 e. The topological polar surface area (TPSA) is 82.5 Å². The Morgan fingerprint density at radius 3 is 2.79 bits per heavy atom. The molecule has 1 aromatic carbocycles. The van der Waals surface area contributed by atoms with Crippen LogP contribution in [-0.2, 0) is 22.5 Å². The first-order valence-corrected chi connectivity index (χ1v) is 13.1. The van der Waals surface area contributed by atoms with Crippen LogP contribution in [0.15, 0.2) is 34.2 Å². The van der Waals surface area contributed by atoms with Crippen molar-refractivity contribution in [2.45, 2.75) is 57.8 Å². The molecule has 9 heteroatoms. The minimum absolute atomic E-state index is 0.00351. The van der Waals surface area contributed by atoms with Gasteiger partial charge in [0.1, 0.15) is 10.6 Å². The fraction of sp³-hybridized carbons (Fsp3) is 0.458. The van der Waals surface area contributed by atoms with Gasteiger partial charge in [0.15, 0.2) is 5.16 Å². The highest BCUT2D eigenvalue weighted by Crippen LogP contribution is 2.30. The van der Waals surface area contributed by atoms with Gasteiger partial charge in [-0.3, -0.25) is 14.2 Å². The number of thioether (sulfide) groups is 1. The Kier molecular flexibility index (Phi) is 7.72. The van der Waals surface area contributed by atoms with Crippen molar-refractivity contribution in [1.82, 2.24) is 9.55 Å². The van der Waals surface area contributed by atoms with Crippen LogP contribution < -0.4 is 15.6 Å². The molecule has 0 bridgehead atoms. The van der Waals surface area contributed by atoms with Crippen LogP contribution in [0.25, 0.3) is 10.2 Å². The number of nitrogens with zero attached hydrogens (tertiary/aromatic N) is 2. The van der Waals surface area contributed by atoms with Gasteiger partial charge >= 0.3 is 0 Å². The standard InChI is InChI=1S/C24H29N3O4S2/c1-4-19-15(3)33-22-21(19)23(29)27(13-18-7-6-12-31-18)24(26-22)32-14-20(28)25-16-8-10-17(11-9-16)30-5-2/h8-11,18H,4-7,12-14H2,1-3H3,(H,25,28). The Hall–Kier alpha value is -2.36. The predicted molar refractivity (Wildman–Crippen MR) is 134 cm³/mol. The first-order chi connectivity index (χ1) is 16.0. The number of thiophene rings is 1. The smallest absolute Gasteiger partial charge is 0.263 e. The van der Waals surface area contributed by atoms with Crippen molar-refractivity contribution in [1.29, 1.82) is 0 Å². The van der Waals surface area contributed by atoms with Crippen molar-refractivity contribution >= 4 is 44.9 Å². The molecule has 3 heterocycles. The van der Waals surface area contributed by atoms with Crippen LogP contribution in [0.1, 0.15) is 37.1 Å². The van der Waals surface area contributed by atoms with E-state index in [2.05, 4.69) is 12.2 Å². The number of nitrogens with one attached hydrogen (secondary N) is 1. The van der Waals surface area contributed by atoms with E-state index in [-0.39, 0.29) is 23.3 Å². The van der Waals surface area contributed by atoms with Crippen LogP contribution in [0.4, 0.5) is 5.69 Å². The maximum absolute atomic E-state index is 13.5. The van der Waals surface area contributed by atoms with Gasteiger partial charge in [0.2, 0.25) is 5.91 Å². The van der Waals surface area contributed by atoms with Crippen LogP contribution in [0.2, 0.25) is 0 Å². The predicted octanol–water partition coefficient (Wildman–Crippen LogP) is 4.64. The van der Waals surface area contributed by atoms with Crippen LogP contribution in [0.5, 0.6) is 5.75 Å². The molecule has 0 saturated carbocycles. The van der Waals surface area contributed by atoms with Gasteiger partial charge in [-0.25, -0.2) is 4.98 Å². The highest BCUT2D eigenvalue weighted by atomic mass is 32.2. The van der Waals surface area contributed by atoms with Gasteiger partial charge < -0.3 is 14.8 Å². The van der Waals surface area contributed by atoms with E-state index in [1.165, 1.54) is 11.8 Å². The first kappa shape index (κ1) is 23.8. The maximum atomic E-state index is 13.5. The second-order valence-corrected chi connectivity index (χ2v) is 10.1. The molecule has 0 aliphatic carbocycles. The molecule has 4 rings (SSSR count). The number of carbonyl (C=O) groups excluding carboxylic acids is 1. The Morgan fingerprint density at radius 1 is 1.33 bits per heavy atom. The van der Waals surface area contributed by atoms with E-state index >= 15 is 0 Å². The number of ether oxygens (including phenoxy) is 2. The molecule has 1 unspecified atom stereocenters. The van der Waals surface area contributed by atoms with Gasteiger partial charge in [-0.15, -0.1) is 11.3 Å². The number of anilines is 1. The highest BCUT2D eigenvalue weighted by molar-refractivity contribution is 7.99. The zero-order chi connectivity index (χ0) is 23.4. The van der Waals surface area contributed by atoms with E-state index in [9.17, 15) is 9.59 Å². The third-order valence-corrected chi connectivity index (χ3v) is 7.64. The molecule has 33 heavy (non-hydrogen) atoms. The van der Waals surface area contributed by atoms with Gasteiger partial charge in [-0.1, -0.05) is 18.7 Å². The molecular weight excluding hydrogens is 458 g/mol. The summed E-state index contributed by atoms with van der Waals surface area (Å²) in [5, 5.41) is 4.17. The first-order valence-electron chi connectivity index (χ1n) is 11.3. The summed E-state index contributed by atoms with van der Waals surface area (Å²) < 4.78 is 12.9. The van der Waals surface area contributed by atoms with Gasteiger partial charge in [0, 0.05) is 17.2 Å². The minimum Gasteiger partial charge on any atom is -0.494 e. The molecule has 1 aliphatic heterocycles. The van der Waals surface area contributed by atoms with Gasteiger partial charge in [0.05, 0.1) is 30.4 Å². The van der Waals surface area contributed by atoms with E-state index in [1.54, 1.807) is 15.9 Å². The van der Waals surface area contributed by atoms with E-state index in [0.717, 1.165) is 46.9 Å². The van der Waals surface area contributed by atoms with Crippen LogP contribution in [0, 0.1) is 6.92 Å². The Bertz CT molecular complexity index is 1180. The molecule has 1 saturated heterocycles. The number of aryl methyl sites for hydroxylation is 2. The summed E-state index contributed by atoms with van der Waals surface area (Å²) in [6, 6.07) is 7.27. The van der Waals surface area contributed by atoms with Crippen molar-refractivity contribution in [3.8, 4) is 5.75 Å². The van der Waals surface area contributed by atoms with E-state index in [0.29, 0.717) is 29.4 Å². The lowest BCUT2D eigenvalue weighted by Crippen LogP contribution is -2.29. The fourth-order valence-corrected chi connectivity index (χ4v) is 6.01. The number of carbonyl (C=O) groups is 1. The van der Waals surface area contributed by atoms with Crippen molar-refractivity contribution in [3.63, 3.8) is 0 Å². The Labute approximate surface area is 201 Å². The average Bonchev–Trinajstić information content (AvgIpc) is 3.43. The molecule has 1 atom stereocenters. The molecular formula is C24H29N3O4S2. The monoisotopic (exact) mass is 487 g/mol. The number of hydrogen-bond acceptors (Lipinski definition) is 7. The second kappa shape index (κ2) is 10.7. The van der Waals surface area contributed by atoms with Crippen molar-refractivity contribution in [2.75, 3.05) is 24.3 Å². The largest absolute Gasteiger partial charge is 0.494 e. The Balaban J connectivity index is 1.55. The third kappa shape index (κ3) is 5.42. The van der Waals surface area contributed by atoms with E-state index in [1.807, 2.05) is 38.1 Å². The molecule has 176 valence electrons. The summed E-state index contributed by atoms with van der Waals surface area (Å²) in [7, 11) is 0. The average molecular weight is 488 g/mol. The molecule has 2 aromatic heterocycles. The summed E-state index contributed by atoms with van der Waals surface area (Å²) in [5.74, 6) is 0.763. The lowest BCUT2D eigenvalue weighted by molar-refractivity contribution is -0.113. The number of rotatable bonds is 9. The zero-order valence-electron chi connectivity index (χ0n) is 19.2. The number of hydrogen-bond donors (Lipinski definition) is 1. The molecule has 3 aromatic rings. The molecule has 0 radical (unpaired) electrons. The zero-order valence-corrected chi connectivity index (χ0v) is 20.8. The summed E-state index contributed by atoms with van der Waals surface area (Å²) in [4.78, 5) is 32.8. The summed E-state index contributed by atoms with van der Waals surface area (Å²) in [6.07, 6.45) is 2.72. The normalized spacial score (nSPS) is 15.8. The molecule has 0 spiro atoms. The van der Waals surface area contributed by atoms with Gasteiger partial charge in [-0.05, 0) is 62.9 Å². The summed E-state index contributed by atoms with van der Waals surface area (Å²) in [5.41, 5.74) is 1.73. The van der Waals surface area contributed by atoms with Gasteiger partial charge in [-0.2, -0.15) is 0 Å². The van der Waals surface area contributed by atoms with E-state index < -0.39 is 0 Å². The number of fused-ring (bicyclic) bond motifs is 1.